The topological polar surface area (TPSA) is 24.9 Å². The Hall–Kier alpha value is -8.86. The lowest BCUT2D eigenvalue weighted by Crippen LogP contribution is -2.20. The van der Waals surface area contributed by atoms with Crippen molar-refractivity contribution in [1.82, 2.24) is 0 Å². The molecule has 14 rings (SSSR count). The van der Waals surface area contributed by atoms with Gasteiger partial charge in [0.25, 0.3) is 0 Å². The van der Waals surface area contributed by atoms with Crippen LogP contribution in [0.2, 0.25) is 0 Å². The molecule has 2 heterocycles. The van der Waals surface area contributed by atoms with Crippen molar-refractivity contribution in [2.45, 2.75) is 19.3 Å². The summed E-state index contributed by atoms with van der Waals surface area (Å²) in [7, 11) is 0. The summed E-state index contributed by atoms with van der Waals surface area (Å²) < 4.78 is 13.9. The van der Waals surface area contributed by atoms with Crippen LogP contribution >= 0.6 is 0 Å². The van der Waals surface area contributed by atoms with Crippen LogP contribution in [0, 0.1) is 5.92 Å². The second-order valence-corrected chi connectivity index (χ2v) is 18.7. The van der Waals surface area contributed by atoms with E-state index in [-0.39, 0.29) is 0 Å². The zero-order valence-corrected chi connectivity index (χ0v) is 38.4. The van der Waals surface area contributed by atoms with Crippen molar-refractivity contribution in [2.24, 2.45) is 5.92 Å². The minimum atomic E-state index is 0.437. The van der Waals surface area contributed by atoms with Gasteiger partial charge >= 0.3 is 0 Å². The monoisotopic (exact) mass is 898 g/mol. The van der Waals surface area contributed by atoms with Crippen LogP contribution in [0.4, 0.5) is 28.4 Å². The van der Waals surface area contributed by atoms with Crippen molar-refractivity contribution in [3.63, 3.8) is 0 Å². The van der Waals surface area contributed by atoms with Crippen molar-refractivity contribution in [1.29, 1.82) is 0 Å². The number of ether oxygens (including phenoxy) is 2. The SMILES string of the molecule is C1=CC2=C(c3ccc(N(c4ccccc4)c4ccc5c(c4)Oc4ccc6c7c(ccc-5c47)C4=C(C=C(N(c5ccccc5)c5ccc(-c7cccc8ccccc78)cc5)CC4)O6)cc3)C=CCC2C=C1. The summed E-state index contributed by atoms with van der Waals surface area (Å²) in [6.07, 6.45) is 18.5. The van der Waals surface area contributed by atoms with Gasteiger partial charge in [-0.25, -0.2) is 0 Å². The van der Waals surface area contributed by atoms with Gasteiger partial charge in [-0.3, -0.25) is 0 Å². The Morgan fingerprint density at radius 1 is 0.443 bits per heavy atom. The predicted octanol–water partition coefficient (Wildman–Crippen LogP) is 18.0. The van der Waals surface area contributed by atoms with E-state index in [0.717, 1.165) is 92.6 Å². The fourth-order valence-electron chi connectivity index (χ4n) is 11.4. The van der Waals surface area contributed by atoms with Gasteiger partial charge in [0, 0.05) is 74.1 Å². The highest BCUT2D eigenvalue weighted by atomic mass is 16.5. The van der Waals surface area contributed by atoms with Gasteiger partial charge in [-0.1, -0.05) is 152 Å². The van der Waals surface area contributed by atoms with Gasteiger partial charge < -0.3 is 19.3 Å². The standard InChI is InChI=1S/C66H46N2O2/c1-3-17-47(18-4-1)67(49-29-25-45(26-30-49)55-23-11-15-43-13-7-9-21-53(43)55)51-33-35-57-59-37-38-60-58-36-34-52(42-64(58)70-62-40-39-61(65(59)66(60)62)69-63(57)41-51)68(48-19-5-2-6-20-48)50-31-27-46(28-32-50)56-24-12-16-44-14-8-10-22-54(44)56/h1-15,17-32,34,36-42,44H,16,33,35H2. The minimum Gasteiger partial charge on any atom is -0.456 e. The fraction of sp³-hybridized carbons (Fsp3) is 0.0606. The van der Waals surface area contributed by atoms with Crippen molar-refractivity contribution in [2.75, 3.05) is 9.80 Å². The first kappa shape index (κ1) is 40.2. The van der Waals surface area contributed by atoms with E-state index in [1.807, 2.05) is 0 Å². The number of benzene rings is 9. The summed E-state index contributed by atoms with van der Waals surface area (Å²) in [6, 6.07) is 69.8. The maximum absolute atomic E-state index is 6.97. The Bertz CT molecular complexity index is 3780. The summed E-state index contributed by atoms with van der Waals surface area (Å²) >= 11 is 0. The van der Waals surface area contributed by atoms with Gasteiger partial charge in [-0.05, 0) is 142 Å². The molecular weight excluding hydrogens is 853 g/mol. The average molecular weight is 899 g/mol. The summed E-state index contributed by atoms with van der Waals surface area (Å²) in [6.45, 7) is 0. The number of hydrogen-bond acceptors (Lipinski definition) is 4. The zero-order valence-electron chi connectivity index (χ0n) is 38.4. The Balaban J connectivity index is 0.802. The Labute approximate surface area is 408 Å². The number of nitrogens with zero attached hydrogens (tertiary/aromatic N) is 2. The molecule has 0 radical (unpaired) electrons. The van der Waals surface area contributed by atoms with Crippen molar-refractivity contribution < 1.29 is 9.47 Å². The normalized spacial score (nSPS) is 16.0. The van der Waals surface area contributed by atoms with Crippen LogP contribution in [0.3, 0.4) is 0 Å². The molecule has 5 aliphatic rings. The molecule has 0 aromatic heterocycles. The summed E-state index contributed by atoms with van der Waals surface area (Å²) in [5.74, 6) is 3.87. The molecule has 0 bridgehead atoms. The van der Waals surface area contributed by atoms with Crippen LogP contribution in [0.5, 0.6) is 17.2 Å². The summed E-state index contributed by atoms with van der Waals surface area (Å²) in [4.78, 5) is 4.70. The minimum absolute atomic E-state index is 0.437. The third-order valence-corrected chi connectivity index (χ3v) is 14.7. The largest absolute Gasteiger partial charge is 0.456 e. The average Bonchev–Trinajstić information content (AvgIpc) is 3.43. The quantitative estimate of drug-likeness (QED) is 0.152. The van der Waals surface area contributed by atoms with Crippen molar-refractivity contribution in [3.05, 3.63) is 265 Å². The molecule has 4 nitrogen and oxygen atoms in total. The second kappa shape index (κ2) is 16.4. The lowest BCUT2D eigenvalue weighted by molar-refractivity contribution is 0.440. The van der Waals surface area contributed by atoms with E-state index in [9.17, 15) is 0 Å². The van der Waals surface area contributed by atoms with E-state index in [1.54, 1.807) is 0 Å². The molecule has 9 aromatic carbocycles. The number of rotatable bonds is 8. The first-order valence-electron chi connectivity index (χ1n) is 24.4. The van der Waals surface area contributed by atoms with Crippen LogP contribution < -0.4 is 19.3 Å². The molecule has 9 aromatic rings. The van der Waals surface area contributed by atoms with E-state index < -0.39 is 0 Å². The molecule has 332 valence electrons. The molecule has 0 amide bonds. The van der Waals surface area contributed by atoms with Crippen LogP contribution in [0.25, 0.3) is 54.9 Å². The summed E-state index contributed by atoms with van der Waals surface area (Å²) in [5.41, 5.74) is 17.6. The fourth-order valence-corrected chi connectivity index (χ4v) is 11.4. The molecule has 0 saturated carbocycles. The van der Waals surface area contributed by atoms with E-state index in [4.69, 9.17) is 9.47 Å². The predicted molar refractivity (Wildman–Crippen MR) is 289 cm³/mol. The molecule has 70 heavy (non-hydrogen) atoms. The van der Waals surface area contributed by atoms with Gasteiger partial charge in [-0.15, -0.1) is 0 Å². The number of para-hydroxylation sites is 2. The van der Waals surface area contributed by atoms with Crippen LogP contribution in [-0.4, -0.2) is 0 Å². The lowest BCUT2D eigenvalue weighted by atomic mass is 9.82. The van der Waals surface area contributed by atoms with Crippen LogP contribution in [0.15, 0.2) is 254 Å². The van der Waals surface area contributed by atoms with Crippen molar-refractivity contribution in [3.8, 4) is 39.5 Å². The van der Waals surface area contributed by atoms with E-state index >= 15 is 0 Å². The number of fused-ring (bicyclic) bond motifs is 5. The number of anilines is 5. The Morgan fingerprint density at radius 2 is 1.09 bits per heavy atom. The highest BCUT2D eigenvalue weighted by Crippen LogP contribution is 2.55. The van der Waals surface area contributed by atoms with Crippen LogP contribution in [0.1, 0.15) is 30.4 Å². The Morgan fingerprint density at radius 3 is 1.90 bits per heavy atom. The van der Waals surface area contributed by atoms with Crippen molar-refractivity contribution >= 4 is 61.1 Å². The highest BCUT2D eigenvalue weighted by Gasteiger charge is 2.32. The lowest BCUT2D eigenvalue weighted by Gasteiger charge is -2.34. The maximum atomic E-state index is 6.97. The molecule has 4 heteroatoms. The molecule has 0 saturated heterocycles. The first-order chi connectivity index (χ1) is 34.7. The van der Waals surface area contributed by atoms with Crippen LogP contribution in [-0.2, 0) is 0 Å². The zero-order chi connectivity index (χ0) is 46.1. The van der Waals surface area contributed by atoms with Gasteiger partial charge in [0.1, 0.15) is 23.0 Å². The smallest absolute Gasteiger partial charge is 0.137 e. The number of allylic oxidation sites excluding steroid dienone is 11. The number of hydrogen-bond donors (Lipinski definition) is 0. The molecule has 3 aliphatic carbocycles. The molecule has 1 unspecified atom stereocenters. The molecule has 0 N–H and O–H groups in total. The maximum Gasteiger partial charge on any atom is 0.137 e. The molecule has 0 fully saturated rings. The molecule has 2 aliphatic heterocycles. The first-order valence-corrected chi connectivity index (χ1v) is 24.4. The molecule has 0 spiro atoms. The van der Waals surface area contributed by atoms with Gasteiger partial charge in [0.05, 0.1) is 0 Å². The second-order valence-electron chi connectivity index (χ2n) is 18.7. The van der Waals surface area contributed by atoms with Gasteiger partial charge in [0.2, 0.25) is 0 Å². The van der Waals surface area contributed by atoms with E-state index in [0.29, 0.717) is 5.92 Å². The third-order valence-electron chi connectivity index (χ3n) is 14.7. The molecule has 1 atom stereocenters. The van der Waals surface area contributed by atoms with E-state index in [1.165, 1.54) is 55.4 Å². The Kier molecular flexibility index (Phi) is 9.44. The van der Waals surface area contributed by atoms with E-state index in [2.05, 4.69) is 246 Å². The van der Waals surface area contributed by atoms with Gasteiger partial charge in [0.15, 0.2) is 0 Å². The highest BCUT2D eigenvalue weighted by molar-refractivity contribution is 6.12. The third kappa shape index (κ3) is 6.67. The molecular formula is C66H46N2O2. The summed E-state index contributed by atoms with van der Waals surface area (Å²) in [5, 5.41) is 4.72. The van der Waals surface area contributed by atoms with Gasteiger partial charge in [-0.2, -0.15) is 0 Å².